The summed E-state index contributed by atoms with van der Waals surface area (Å²) in [7, 11) is 1.61. The van der Waals surface area contributed by atoms with Crippen LogP contribution in [-0.2, 0) is 4.79 Å². The number of ether oxygens (including phenoxy) is 1. The Hall–Kier alpha value is -2.80. The SMILES string of the molecule is COc1ccc(-c2nnc(S[C@H](C)C(=O)Nc3ccccc3)o2)cc1. The first-order valence-corrected chi connectivity index (χ1v) is 8.54. The molecule has 0 saturated heterocycles. The average molecular weight is 355 g/mol. The third-order valence-electron chi connectivity index (χ3n) is 3.43. The van der Waals surface area contributed by atoms with E-state index in [1.54, 1.807) is 14.0 Å². The summed E-state index contributed by atoms with van der Waals surface area (Å²) in [5, 5.41) is 10.9. The molecule has 3 aromatic rings. The van der Waals surface area contributed by atoms with E-state index in [9.17, 15) is 4.79 Å². The number of hydrogen-bond donors (Lipinski definition) is 1. The van der Waals surface area contributed by atoms with Crippen molar-refractivity contribution in [3.63, 3.8) is 0 Å². The van der Waals surface area contributed by atoms with Crippen LogP contribution in [0, 0.1) is 0 Å². The summed E-state index contributed by atoms with van der Waals surface area (Å²) in [6, 6.07) is 16.6. The third kappa shape index (κ3) is 4.39. The molecular weight excluding hydrogens is 338 g/mol. The number of carbonyl (C=O) groups excluding carboxylic acids is 1. The molecule has 6 nitrogen and oxygen atoms in total. The van der Waals surface area contributed by atoms with Crippen molar-refractivity contribution in [2.45, 2.75) is 17.4 Å². The molecule has 1 aromatic heterocycles. The van der Waals surface area contributed by atoms with Gasteiger partial charge in [0.1, 0.15) is 5.75 Å². The molecule has 0 fully saturated rings. The Bertz CT molecular complexity index is 834. The number of rotatable bonds is 6. The van der Waals surface area contributed by atoms with E-state index in [0.29, 0.717) is 11.1 Å². The minimum absolute atomic E-state index is 0.125. The Kier molecular flexibility index (Phi) is 5.35. The molecule has 1 heterocycles. The summed E-state index contributed by atoms with van der Waals surface area (Å²) in [5.74, 6) is 1.03. The van der Waals surface area contributed by atoms with E-state index >= 15 is 0 Å². The molecule has 0 aliphatic carbocycles. The van der Waals surface area contributed by atoms with Crippen molar-refractivity contribution in [1.82, 2.24) is 10.2 Å². The predicted octanol–water partition coefficient (Wildman–Crippen LogP) is 3.86. The molecule has 0 bridgehead atoms. The predicted molar refractivity (Wildman–Crippen MR) is 96.7 cm³/mol. The fourth-order valence-electron chi connectivity index (χ4n) is 2.08. The van der Waals surface area contributed by atoms with Crippen LogP contribution < -0.4 is 10.1 Å². The van der Waals surface area contributed by atoms with Gasteiger partial charge in [0, 0.05) is 11.3 Å². The number of hydrogen-bond acceptors (Lipinski definition) is 6. The summed E-state index contributed by atoms with van der Waals surface area (Å²) >= 11 is 1.22. The van der Waals surface area contributed by atoms with Gasteiger partial charge in [0.25, 0.3) is 5.22 Å². The number of amides is 1. The van der Waals surface area contributed by atoms with E-state index in [-0.39, 0.29) is 11.2 Å². The van der Waals surface area contributed by atoms with Crippen LogP contribution in [-0.4, -0.2) is 28.5 Å². The van der Waals surface area contributed by atoms with Crippen molar-refractivity contribution in [2.75, 3.05) is 12.4 Å². The molecule has 128 valence electrons. The van der Waals surface area contributed by atoms with E-state index in [0.717, 1.165) is 17.0 Å². The molecule has 1 N–H and O–H groups in total. The molecule has 2 aromatic carbocycles. The molecule has 0 aliphatic heterocycles. The number of anilines is 1. The number of para-hydroxylation sites is 1. The molecule has 3 rings (SSSR count). The second kappa shape index (κ2) is 7.85. The summed E-state index contributed by atoms with van der Waals surface area (Å²) < 4.78 is 10.8. The van der Waals surface area contributed by atoms with Crippen LogP contribution in [0.3, 0.4) is 0 Å². The van der Waals surface area contributed by atoms with Gasteiger partial charge in [-0.3, -0.25) is 4.79 Å². The van der Waals surface area contributed by atoms with Crippen molar-refractivity contribution in [2.24, 2.45) is 0 Å². The van der Waals surface area contributed by atoms with Gasteiger partial charge < -0.3 is 14.5 Å². The van der Waals surface area contributed by atoms with Crippen molar-refractivity contribution < 1.29 is 13.9 Å². The summed E-state index contributed by atoms with van der Waals surface area (Å²) in [6.45, 7) is 1.79. The summed E-state index contributed by atoms with van der Waals surface area (Å²) in [6.07, 6.45) is 0. The van der Waals surface area contributed by atoms with Crippen LogP contribution in [0.4, 0.5) is 5.69 Å². The summed E-state index contributed by atoms with van der Waals surface area (Å²) in [5.41, 5.74) is 1.55. The van der Waals surface area contributed by atoms with Crippen LogP contribution in [0.15, 0.2) is 64.2 Å². The minimum atomic E-state index is -0.371. The van der Waals surface area contributed by atoms with Crippen LogP contribution >= 0.6 is 11.8 Å². The van der Waals surface area contributed by atoms with Crippen LogP contribution in [0.2, 0.25) is 0 Å². The lowest BCUT2D eigenvalue weighted by Crippen LogP contribution is -2.22. The van der Waals surface area contributed by atoms with E-state index < -0.39 is 0 Å². The maximum absolute atomic E-state index is 12.2. The quantitative estimate of drug-likeness (QED) is 0.677. The standard InChI is InChI=1S/C18H17N3O3S/c1-12(16(22)19-14-6-4-3-5-7-14)25-18-21-20-17(24-18)13-8-10-15(23-2)11-9-13/h3-12H,1-2H3,(H,19,22)/t12-/m1/s1. The molecule has 0 aliphatic rings. The van der Waals surface area contributed by atoms with Gasteiger partial charge in [-0.25, -0.2) is 0 Å². The van der Waals surface area contributed by atoms with Gasteiger partial charge in [0.15, 0.2) is 0 Å². The number of methoxy groups -OCH3 is 1. The topological polar surface area (TPSA) is 77.2 Å². The van der Waals surface area contributed by atoms with E-state index in [4.69, 9.17) is 9.15 Å². The smallest absolute Gasteiger partial charge is 0.277 e. The highest BCUT2D eigenvalue weighted by Gasteiger charge is 2.19. The van der Waals surface area contributed by atoms with Gasteiger partial charge >= 0.3 is 0 Å². The fraction of sp³-hybridized carbons (Fsp3) is 0.167. The molecule has 0 saturated carbocycles. The number of aromatic nitrogens is 2. The highest BCUT2D eigenvalue weighted by Crippen LogP contribution is 2.27. The lowest BCUT2D eigenvalue weighted by atomic mass is 10.2. The van der Waals surface area contributed by atoms with Crippen molar-refractivity contribution in [1.29, 1.82) is 0 Å². The first-order valence-electron chi connectivity index (χ1n) is 7.66. The first kappa shape index (κ1) is 17.0. The number of benzene rings is 2. The van der Waals surface area contributed by atoms with Gasteiger partial charge in [-0.2, -0.15) is 0 Å². The van der Waals surface area contributed by atoms with E-state index in [2.05, 4.69) is 15.5 Å². The van der Waals surface area contributed by atoms with Gasteiger partial charge in [0.2, 0.25) is 11.8 Å². The second-order valence-electron chi connectivity index (χ2n) is 5.22. The summed E-state index contributed by atoms with van der Waals surface area (Å²) in [4.78, 5) is 12.2. The van der Waals surface area contributed by atoms with Crippen LogP contribution in [0.5, 0.6) is 5.75 Å². The lowest BCUT2D eigenvalue weighted by molar-refractivity contribution is -0.115. The molecule has 1 amide bonds. The highest BCUT2D eigenvalue weighted by atomic mass is 32.2. The number of nitrogens with zero attached hydrogens (tertiary/aromatic N) is 2. The Morgan fingerprint density at radius 2 is 1.84 bits per heavy atom. The van der Waals surface area contributed by atoms with Crippen molar-refractivity contribution in [3.8, 4) is 17.2 Å². The van der Waals surface area contributed by atoms with Gasteiger partial charge in [0.05, 0.1) is 12.4 Å². The zero-order valence-corrected chi connectivity index (χ0v) is 14.6. The van der Waals surface area contributed by atoms with Crippen LogP contribution in [0.1, 0.15) is 6.92 Å². The molecular formula is C18H17N3O3S. The Balaban J connectivity index is 1.63. The van der Waals surface area contributed by atoms with E-state index in [1.807, 2.05) is 54.6 Å². The normalized spacial score (nSPS) is 11.8. The molecule has 7 heteroatoms. The van der Waals surface area contributed by atoms with Gasteiger partial charge in [-0.15, -0.1) is 10.2 Å². The zero-order valence-electron chi connectivity index (χ0n) is 13.8. The maximum Gasteiger partial charge on any atom is 0.277 e. The monoisotopic (exact) mass is 355 g/mol. The molecule has 0 unspecified atom stereocenters. The molecule has 0 spiro atoms. The largest absolute Gasteiger partial charge is 0.497 e. The zero-order chi connectivity index (χ0) is 17.6. The lowest BCUT2D eigenvalue weighted by Gasteiger charge is -2.09. The third-order valence-corrected chi connectivity index (χ3v) is 4.37. The van der Waals surface area contributed by atoms with Crippen molar-refractivity contribution >= 4 is 23.4 Å². The minimum Gasteiger partial charge on any atom is -0.497 e. The van der Waals surface area contributed by atoms with Crippen molar-refractivity contribution in [3.05, 3.63) is 54.6 Å². The van der Waals surface area contributed by atoms with Crippen LogP contribution in [0.25, 0.3) is 11.5 Å². The Labute approximate surface area is 149 Å². The maximum atomic E-state index is 12.2. The van der Waals surface area contributed by atoms with E-state index in [1.165, 1.54) is 11.8 Å². The number of carbonyl (C=O) groups is 1. The average Bonchev–Trinajstić information content (AvgIpc) is 3.11. The van der Waals surface area contributed by atoms with Gasteiger partial charge in [-0.1, -0.05) is 30.0 Å². The molecule has 25 heavy (non-hydrogen) atoms. The Morgan fingerprint density at radius 3 is 2.52 bits per heavy atom. The fourth-order valence-corrected chi connectivity index (χ4v) is 2.76. The molecule has 0 radical (unpaired) electrons. The molecule has 1 atom stereocenters. The highest BCUT2D eigenvalue weighted by molar-refractivity contribution is 8.00. The first-order chi connectivity index (χ1) is 12.2. The number of nitrogens with one attached hydrogen (secondary N) is 1. The van der Waals surface area contributed by atoms with Gasteiger partial charge in [-0.05, 0) is 43.3 Å². The Morgan fingerprint density at radius 1 is 1.12 bits per heavy atom. The second-order valence-corrected chi connectivity index (χ2v) is 6.51. The number of thioether (sulfide) groups is 1.